The van der Waals surface area contributed by atoms with Gasteiger partial charge < -0.3 is 10.8 Å². The van der Waals surface area contributed by atoms with Crippen LogP contribution in [0.2, 0.25) is 0 Å². The van der Waals surface area contributed by atoms with Gasteiger partial charge in [-0.1, -0.05) is 11.8 Å². The Kier molecular flexibility index (Phi) is 4.55. The minimum absolute atomic E-state index is 0.0264. The molecule has 0 saturated carbocycles. The van der Waals surface area contributed by atoms with Crippen molar-refractivity contribution in [3.8, 4) is 11.8 Å². The van der Waals surface area contributed by atoms with E-state index < -0.39 is 11.7 Å². The van der Waals surface area contributed by atoms with Crippen molar-refractivity contribution < 1.29 is 18.3 Å². The smallest absolute Gasteiger partial charge is 0.395 e. The topological polar surface area (TPSA) is 46.2 Å². The maximum Gasteiger partial charge on any atom is 0.416 e. The SMILES string of the molecule is NCc1cc(C#CCCO)cc(C(F)(F)F)c1. The van der Waals surface area contributed by atoms with E-state index in [0.29, 0.717) is 5.56 Å². The first-order chi connectivity index (χ1) is 7.97. The fourth-order valence-corrected chi connectivity index (χ4v) is 1.27. The molecule has 0 fully saturated rings. The van der Waals surface area contributed by atoms with Gasteiger partial charge in [0.15, 0.2) is 0 Å². The normalized spacial score (nSPS) is 10.9. The summed E-state index contributed by atoms with van der Waals surface area (Å²) >= 11 is 0. The van der Waals surface area contributed by atoms with Gasteiger partial charge in [-0.2, -0.15) is 13.2 Å². The van der Waals surface area contributed by atoms with Gasteiger partial charge >= 0.3 is 6.18 Å². The van der Waals surface area contributed by atoms with E-state index in [9.17, 15) is 13.2 Å². The zero-order chi connectivity index (χ0) is 12.9. The molecule has 0 aliphatic heterocycles. The fraction of sp³-hybridized carbons (Fsp3) is 0.333. The number of hydrogen-bond acceptors (Lipinski definition) is 2. The molecule has 1 aromatic carbocycles. The second kappa shape index (κ2) is 5.71. The van der Waals surface area contributed by atoms with Crippen LogP contribution in [0.15, 0.2) is 18.2 Å². The van der Waals surface area contributed by atoms with E-state index in [-0.39, 0.29) is 25.1 Å². The van der Waals surface area contributed by atoms with Crippen molar-refractivity contribution in [1.82, 2.24) is 0 Å². The summed E-state index contributed by atoms with van der Waals surface area (Å²) in [4.78, 5) is 0. The van der Waals surface area contributed by atoms with Gasteiger partial charge in [0.1, 0.15) is 0 Å². The van der Waals surface area contributed by atoms with Crippen molar-refractivity contribution in [3.63, 3.8) is 0 Å². The molecule has 92 valence electrons. The lowest BCUT2D eigenvalue weighted by Crippen LogP contribution is -2.07. The zero-order valence-electron chi connectivity index (χ0n) is 9.01. The monoisotopic (exact) mass is 243 g/mol. The van der Waals surface area contributed by atoms with Crippen LogP contribution in [0.5, 0.6) is 0 Å². The number of benzene rings is 1. The van der Waals surface area contributed by atoms with Gasteiger partial charge in [0.2, 0.25) is 0 Å². The molecule has 5 heteroatoms. The maximum absolute atomic E-state index is 12.5. The van der Waals surface area contributed by atoms with Gasteiger partial charge in [0.05, 0.1) is 12.2 Å². The highest BCUT2D eigenvalue weighted by Gasteiger charge is 2.30. The van der Waals surface area contributed by atoms with Crippen molar-refractivity contribution in [2.45, 2.75) is 19.1 Å². The van der Waals surface area contributed by atoms with E-state index >= 15 is 0 Å². The summed E-state index contributed by atoms with van der Waals surface area (Å²) in [5.41, 5.74) is 5.21. The highest BCUT2D eigenvalue weighted by Crippen LogP contribution is 2.30. The zero-order valence-corrected chi connectivity index (χ0v) is 9.01. The molecule has 0 saturated heterocycles. The van der Waals surface area contributed by atoms with Crippen LogP contribution in [0, 0.1) is 11.8 Å². The highest BCUT2D eigenvalue weighted by molar-refractivity contribution is 5.41. The third-order valence-electron chi connectivity index (χ3n) is 2.03. The van der Waals surface area contributed by atoms with Crippen molar-refractivity contribution in [3.05, 3.63) is 34.9 Å². The second-order valence-electron chi connectivity index (χ2n) is 3.40. The summed E-state index contributed by atoms with van der Waals surface area (Å²) in [6.45, 7) is -0.0890. The van der Waals surface area contributed by atoms with E-state index in [1.807, 2.05) is 0 Å². The number of aliphatic hydroxyl groups excluding tert-OH is 1. The summed E-state index contributed by atoms with van der Waals surface area (Å²) in [5.74, 6) is 5.14. The third kappa shape index (κ3) is 4.10. The lowest BCUT2D eigenvalue weighted by atomic mass is 10.1. The summed E-state index contributed by atoms with van der Waals surface area (Å²) in [6, 6.07) is 3.50. The van der Waals surface area contributed by atoms with Crippen LogP contribution < -0.4 is 5.73 Å². The molecule has 0 radical (unpaired) electrons. The third-order valence-corrected chi connectivity index (χ3v) is 2.03. The Bertz CT molecular complexity index is 443. The number of hydrogen-bond donors (Lipinski definition) is 2. The lowest BCUT2D eigenvalue weighted by molar-refractivity contribution is -0.137. The summed E-state index contributed by atoms with van der Waals surface area (Å²) < 4.78 is 37.6. The van der Waals surface area contributed by atoms with Crippen LogP contribution in [-0.2, 0) is 12.7 Å². The Morgan fingerprint density at radius 3 is 2.47 bits per heavy atom. The molecule has 0 atom stereocenters. The highest BCUT2D eigenvalue weighted by atomic mass is 19.4. The minimum Gasteiger partial charge on any atom is -0.395 e. The Morgan fingerprint density at radius 1 is 1.24 bits per heavy atom. The molecule has 0 aliphatic rings. The van der Waals surface area contributed by atoms with Crippen molar-refractivity contribution in [2.24, 2.45) is 5.73 Å². The first-order valence-electron chi connectivity index (χ1n) is 4.98. The average molecular weight is 243 g/mol. The van der Waals surface area contributed by atoms with Gasteiger partial charge in [-0.15, -0.1) is 0 Å². The van der Waals surface area contributed by atoms with Crippen molar-refractivity contribution in [2.75, 3.05) is 6.61 Å². The molecule has 0 aromatic heterocycles. The molecule has 3 N–H and O–H groups in total. The van der Waals surface area contributed by atoms with E-state index in [2.05, 4.69) is 11.8 Å². The average Bonchev–Trinajstić information content (AvgIpc) is 2.28. The maximum atomic E-state index is 12.5. The van der Waals surface area contributed by atoms with Gasteiger partial charge in [-0.3, -0.25) is 0 Å². The molecule has 0 unspecified atom stereocenters. The number of aliphatic hydroxyl groups is 1. The predicted molar refractivity (Wildman–Crippen MR) is 57.9 cm³/mol. The molecule has 1 rings (SSSR count). The van der Waals surface area contributed by atoms with E-state index in [1.165, 1.54) is 6.07 Å². The van der Waals surface area contributed by atoms with Gasteiger partial charge in [0.25, 0.3) is 0 Å². The Morgan fingerprint density at radius 2 is 1.94 bits per heavy atom. The molecule has 17 heavy (non-hydrogen) atoms. The molecular weight excluding hydrogens is 231 g/mol. The number of alkyl halides is 3. The number of halogens is 3. The molecule has 0 heterocycles. The van der Waals surface area contributed by atoms with Crippen LogP contribution >= 0.6 is 0 Å². The molecule has 0 aliphatic carbocycles. The molecular formula is C12H12F3NO. The first kappa shape index (κ1) is 13.6. The van der Waals surface area contributed by atoms with E-state index in [0.717, 1.165) is 12.1 Å². The largest absolute Gasteiger partial charge is 0.416 e. The van der Waals surface area contributed by atoms with Gasteiger partial charge in [0, 0.05) is 18.5 Å². The van der Waals surface area contributed by atoms with Crippen LogP contribution in [-0.4, -0.2) is 11.7 Å². The summed E-state index contributed by atoms with van der Waals surface area (Å²) in [5, 5.41) is 8.53. The molecule has 1 aromatic rings. The van der Waals surface area contributed by atoms with Crippen LogP contribution in [0.1, 0.15) is 23.1 Å². The predicted octanol–water partition coefficient (Wildman–Crippen LogP) is 1.90. The Balaban J connectivity index is 3.11. The molecule has 0 amide bonds. The fourth-order valence-electron chi connectivity index (χ4n) is 1.27. The van der Waals surface area contributed by atoms with Crippen molar-refractivity contribution in [1.29, 1.82) is 0 Å². The Labute approximate surface area is 97.3 Å². The molecule has 2 nitrogen and oxygen atoms in total. The first-order valence-corrected chi connectivity index (χ1v) is 4.98. The van der Waals surface area contributed by atoms with Crippen LogP contribution in [0.4, 0.5) is 13.2 Å². The summed E-state index contributed by atoms with van der Waals surface area (Å²) in [6.07, 6.45) is -4.17. The van der Waals surface area contributed by atoms with Gasteiger partial charge in [-0.25, -0.2) is 0 Å². The summed E-state index contributed by atoms with van der Waals surface area (Å²) in [7, 11) is 0. The number of rotatable bonds is 2. The Hall–Kier alpha value is -1.51. The van der Waals surface area contributed by atoms with E-state index in [1.54, 1.807) is 0 Å². The minimum atomic E-state index is -4.40. The van der Waals surface area contributed by atoms with Gasteiger partial charge in [-0.05, 0) is 23.8 Å². The molecule has 0 spiro atoms. The van der Waals surface area contributed by atoms with Crippen LogP contribution in [0.25, 0.3) is 0 Å². The number of nitrogens with two attached hydrogens (primary N) is 1. The second-order valence-corrected chi connectivity index (χ2v) is 3.40. The quantitative estimate of drug-likeness (QED) is 0.779. The van der Waals surface area contributed by atoms with E-state index in [4.69, 9.17) is 10.8 Å². The van der Waals surface area contributed by atoms with Crippen molar-refractivity contribution >= 4 is 0 Å². The standard InChI is InChI=1S/C12H12F3NO/c13-12(14,15)11-6-9(3-1-2-4-17)5-10(7-11)8-16/h5-7,17H,2,4,8,16H2. The molecule has 0 bridgehead atoms. The van der Waals surface area contributed by atoms with Crippen LogP contribution in [0.3, 0.4) is 0 Å². The lowest BCUT2D eigenvalue weighted by Gasteiger charge is -2.09.